The largest absolute Gasteiger partial charge is 0.343 e. The lowest BCUT2D eigenvalue weighted by atomic mass is 9.93. The number of hydrogen-bond donors (Lipinski definition) is 1. The molecular formula is C15H30N2O. The van der Waals surface area contributed by atoms with Crippen LogP contribution in [0.15, 0.2) is 0 Å². The van der Waals surface area contributed by atoms with Crippen LogP contribution in [0.1, 0.15) is 58.8 Å². The highest BCUT2D eigenvalue weighted by Gasteiger charge is 2.17. The van der Waals surface area contributed by atoms with Crippen LogP contribution in [0.3, 0.4) is 0 Å². The molecule has 1 saturated heterocycles. The van der Waals surface area contributed by atoms with E-state index in [0.29, 0.717) is 30.7 Å². The van der Waals surface area contributed by atoms with E-state index in [1.807, 2.05) is 0 Å². The average Bonchev–Trinajstić information content (AvgIpc) is 2.62. The van der Waals surface area contributed by atoms with E-state index in [2.05, 4.69) is 18.7 Å². The SMILES string of the molecule is CC(C)CC(CN)CCC(=O)N1CCCCCC1. The van der Waals surface area contributed by atoms with Gasteiger partial charge < -0.3 is 10.6 Å². The van der Waals surface area contributed by atoms with Gasteiger partial charge in [-0.2, -0.15) is 0 Å². The Bertz CT molecular complexity index is 233. The molecule has 1 aliphatic heterocycles. The van der Waals surface area contributed by atoms with Crippen molar-refractivity contribution in [3.63, 3.8) is 0 Å². The first-order valence-corrected chi connectivity index (χ1v) is 7.61. The lowest BCUT2D eigenvalue weighted by Gasteiger charge is -2.22. The summed E-state index contributed by atoms with van der Waals surface area (Å²) in [7, 11) is 0. The van der Waals surface area contributed by atoms with Crippen LogP contribution < -0.4 is 5.73 Å². The number of likely N-dealkylation sites (tertiary alicyclic amines) is 1. The molecular weight excluding hydrogens is 224 g/mol. The van der Waals surface area contributed by atoms with Gasteiger partial charge in [-0.1, -0.05) is 26.7 Å². The molecule has 0 aliphatic carbocycles. The summed E-state index contributed by atoms with van der Waals surface area (Å²) in [4.78, 5) is 14.2. The number of carbonyl (C=O) groups excluding carboxylic acids is 1. The van der Waals surface area contributed by atoms with Gasteiger partial charge in [0.15, 0.2) is 0 Å². The van der Waals surface area contributed by atoms with Crippen molar-refractivity contribution in [3.8, 4) is 0 Å². The standard InChI is InChI=1S/C15H30N2O/c1-13(2)11-14(12-16)7-8-15(18)17-9-5-3-4-6-10-17/h13-14H,3-12,16H2,1-2H3. The van der Waals surface area contributed by atoms with Crippen LogP contribution in [0.25, 0.3) is 0 Å². The second-order valence-electron chi connectivity index (χ2n) is 6.06. The lowest BCUT2D eigenvalue weighted by Crippen LogP contribution is -2.32. The summed E-state index contributed by atoms with van der Waals surface area (Å²) >= 11 is 0. The van der Waals surface area contributed by atoms with Gasteiger partial charge in [-0.15, -0.1) is 0 Å². The molecule has 0 radical (unpaired) electrons. The molecule has 1 fully saturated rings. The summed E-state index contributed by atoms with van der Waals surface area (Å²) in [6.45, 7) is 7.09. The molecule has 1 rings (SSSR count). The summed E-state index contributed by atoms with van der Waals surface area (Å²) in [5.74, 6) is 1.53. The van der Waals surface area contributed by atoms with E-state index in [1.165, 1.54) is 25.7 Å². The number of nitrogens with zero attached hydrogens (tertiary/aromatic N) is 1. The fourth-order valence-corrected chi connectivity index (χ4v) is 2.80. The molecule has 18 heavy (non-hydrogen) atoms. The van der Waals surface area contributed by atoms with Crippen LogP contribution in [-0.4, -0.2) is 30.4 Å². The molecule has 2 N–H and O–H groups in total. The topological polar surface area (TPSA) is 46.3 Å². The van der Waals surface area contributed by atoms with Crippen molar-refractivity contribution in [2.24, 2.45) is 17.6 Å². The number of carbonyl (C=O) groups is 1. The zero-order valence-corrected chi connectivity index (χ0v) is 12.2. The van der Waals surface area contributed by atoms with Crippen LogP contribution in [0.5, 0.6) is 0 Å². The molecule has 3 heteroatoms. The van der Waals surface area contributed by atoms with Gasteiger partial charge in [0.25, 0.3) is 0 Å². The number of rotatable bonds is 6. The van der Waals surface area contributed by atoms with Gasteiger partial charge in [0.2, 0.25) is 5.91 Å². The van der Waals surface area contributed by atoms with E-state index >= 15 is 0 Å². The summed E-state index contributed by atoms with van der Waals surface area (Å²) < 4.78 is 0. The minimum absolute atomic E-state index is 0.346. The van der Waals surface area contributed by atoms with Crippen LogP contribution in [0, 0.1) is 11.8 Å². The first kappa shape index (κ1) is 15.5. The Hall–Kier alpha value is -0.570. The average molecular weight is 254 g/mol. The predicted octanol–water partition coefficient (Wildman–Crippen LogP) is 2.79. The van der Waals surface area contributed by atoms with Gasteiger partial charge in [-0.25, -0.2) is 0 Å². The van der Waals surface area contributed by atoms with Gasteiger partial charge in [0.05, 0.1) is 0 Å². The van der Waals surface area contributed by atoms with Crippen molar-refractivity contribution in [3.05, 3.63) is 0 Å². The first-order chi connectivity index (χ1) is 8.63. The maximum Gasteiger partial charge on any atom is 0.222 e. The maximum atomic E-state index is 12.1. The predicted molar refractivity (Wildman–Crippen MR) is 76.3 cm³/mol. The fourth-order valence-electron chi connectivity index (χ4n) is 2.80. The van der Waals surface area contributed by atoms with Gasteiger partial charge in [-0.05, 0) is 44.1 Å². The number of hydrogen-bond acceptors (Lipinski definition) is 2. The summed E-state index contributed by atoms with van der Waals surface area (Å²) in [6, 6.07) is 0. The van der Waals surface area contributed by atoms with Crippen LogP contribution in [-0.2, 0) is 4.79 Å². The molecule has 0 aromatic carbocycles. The van der Waals surface area contributed by atoms with Crippen molar-refractivity contribution in [2.75, 3.05) is 19.6 Å². The third kappa shape index (κ3) is 5.85. The normalized spacial score (nSPS) is 18.8. The van der Waals surface area contributed by atoms with E-state index in [1.54, 1.807) is 0 Å². The molecule has 0 bridgehead atoms. The Balaban J connectivity index is 2.29. The highest BCUT2D eigenvalue weighted by Crippen LogP contribution is 2.18. The molecule has 1 atom stereocenters. The van der Waals surface area contributed by atoms with Crippen molar-refractivity contribution in [1.82, 2.24) is 4.90 Å². The van der Waals surface area contributed by atoms with Gasteiger partial charge in [0.1, 0.15) is 0 Å². The third-order valence-electron chi connectivity index (χ3n) is 3.86. The van der Waals surface area contributed by atoms with Crippen molar-refractivity contribution in [1.29, 1.82) is 0 Å². The zero-order valence-electron chi connectivity index (χ0n) is 12.2. The van der Waals surface area contributed by atoms with Gasteiger partial charge >= 0.3 is 0 Å². The number of amides is 1. The number of nitrogens with two attached hydrogens (primary N) is 1. The summed E-state index contributed by atoms with van der Waals surface area (Å²) in [5, 5.41) is 0. The van der Waals surface area contributed by atoms with Crippen LogP contribution in [0.4, 0.5) is 0 Å². The molecule has 1 amide bonds. The molecule has 0 aromatic heterocycles. The maximum absolute atomic E-state index is 12.1. The Morgan fingerprint density at radius 3 is 2.28 bits per heavy atom. The quantitative estimate of drug-likeness (QED) is 0.792. The lowest BCUT2D eigenvalue weighted by molar-refractivity contribution is -0.131. The van der Waals surface area contributed by atoms with E-state index in [-0.39, 0.29) is 0 Å². The summed E-state index contributed by atoms with van der Waals surface area (Å²) in [5.41, 5.74) is 5.79. The molecule has 106 valence electrons. The summed E-state index contributed by atoms with van der Waals surface area (Å²) in [6.07, 6.45) is 7.71. The highest BCUT2D eigenvalue weighted by atomic mass is 16.2. The highest BCUT2D eigenvalue weighted by molar-refractivity contribution is 5.76. The minimum atomic E-state index is 0.346. The van der Waals surface area contributed by atoms with E-state index in [9.17, 15) is 4.79 Å². The molecule has 0 aromatic rings. The third-order valence-corrected chi connectivity index (χ3v) is 3.86. The van der Waals surface area contributed by atoms with Gasteiger partial charge in [0, 0.05) is 19.5 Å². The zero-order chi connectivity index (χ0) is 13.4. The molecule has 1 aliphatic rings. The van der Waals surface area contributed by atoms with E-state index in [0.717, 1.165) is 25.9 Å². The van der Waals surface area contributed by atoms with Crippen molar-refractivity contribution < 1.29 is 4.79 Å². The molecule has 0 spiro atoms. The monoisotopic (exact) mass is 254 g/mol. The molecule has 1 heterocycles. The van der Waals surface area contributed by atoms with Crippen molar-refractivity contribution in [2.45, 2.75) is 58.8 Å². The van der Waals surface area contributed by atoms with E-state index < -0.39 is 0 Å². The Kier molecular flexibility index (Phi) is 7.33. The first-order valence-electron chi connectivity index (χ1n) is 7.61. The Morgan fingerprint density at radius 2 is 1.78 bits per heavy atom. The second-order valence-corrected chi connectivity index (χ2v) is 6.06. The molecule has 3 nitrogen and oxygen atoms in total. The fraction of sp³-hybridized carbons (Fsp3) is 0.933. The van der Waals surface area contributed by atoms with Gasteiger partial charge in [-0.3, -0.25) is 4.79 Å². The second kappa shape index (κ2) is 8.52. The smallest absolute Gasteiger partial charge is 0.222 e. The van der Waals surface area contributed by atoms with Crippen LogP contribution in [0.2, 0.25) is 0 Å². The van der Waals surface area contributed by atoms with E-state index in [4.69, 9.17) is 5.73 Å². The minimum Gasteiger partial charge on any atom is -0.343 e. The van der Waals surface area contributed by atoms with Crippen LogP contribution >= 0.6 is 0 Å². The molecule has 0 saturated carbocycles. The van der Waals surface area contributed by atoms with Crippen molar-refractivity contribution >= 4 is 5.91 Å². The Morgan fingerprint density at radius 1 is 1.17 bits per heavy atom. The molecule has 1 unspecified atom stereocenters. The Labute approximate surface area is 112 Å².